The minimum atomic E-state index is 0.207. The van der Waals surface area contributed by atoms with Gasteiger partial charge in [-0.15, -0.1) is 0 Å². The monoisotopic (exact) mass is 226 g/mol. The molecule has 16 heavy (non-hydrogen) atoms. The quantitative estimate of drug-likeness (QED) is 0.754. The zero-order valence-corrected chi connectivity index (χ0v) is 10.7. The van der Waals surface area contributed by atoms with Gasteiger partial charge in [0, 0.05) is 12.5 Å². The van der Waals surface area contributed by atoms with Crippen LogP contribution in [0.1, 0.15) is 52.4 Å². The fourth-order valence-corrected chi connectivity index (χ4v) is 2.38. The first-order valence-corrected chi connectivity index (χ1v) is 6.63. The first-order valence-electron chi connectivity index (χ1n) is 6.63. The Kier molecular flexibility index (Phi) is 5.81. The normalized spacial score (nSPS) is 25.8. The molecule has 1 aliphatic carbocycles. The van der Waals surface area contributed by atoms with Crippen LogP contribution in [0.15, 0.2) is 0 Å². The van der Waals surface area contributed by atoms with E-state index in [0.717, 1.165) is 12.8 Å². The molecule has 0 radical (unpaired) electrons. The van der Waals surface area contributed by atoms with Gasteiger partial charge >= 0.3 is 0 Å². The lowest BCUT2D eigenvalue weighted by Gasteiger charge is -2.31. The highest BCUT2D eigenvalue weighted by atomic mass is 16.1. The molecule has 3 nitrogen and oxygen atoms in total. The first kappa shape index (κ1) is 13.5. The van der Waals surface area contributed by atoms with E-state index in [1.165, 1.54) is 19.3 Å². The number of carbonyl (C=O) groups is 1. The highest BCUT2D eigenvalue weighted by Gasteiger charge is 2.24. The summed E-state index contributed by atoms with van der Waals surface area (Å²) in [5, 5.41) is 3.16. The summed E-state index contributed by atoms with van der Waals surface area (Å²) >= 11 is 0. The summed E-state index contributed by atoms with van der Waals surface area (Å²) < 4.78 is 0. The number of carbonyl (C=O) groups excluding carboxylic acids is 1. The molecule has 0 aromatic carbocycles. The minimum absolute atomic E-state index is 0.207. The molecule has 3 heteroatoms. The van der Waals surface area contributed by atoms with Crippen LogP contribution in [-0.2, 0) is 4.79 Å². The summed E-state index contributed by atoms with van der Waals surface area (Å²) in [6, 6.07) is 0.332. The van der Waals surface area contributed by atoms with Crippen LogP contribution in [0.3, 0.4) is 0 Å². The zero-order chi connectivity index (χ0) is 12.0. The molecule has 3 N–H and O–H groups in total. The summed E-state index contributed by atoms with van der Waals surface area (Å²) in [7, 11) is 0. The van der Waals surface area contributed by atoms with E-state index in [4.69, 9.17) is 5.73 Å². The van der Waals surface area contributed by atoms with E-state index in [0.29, 0.717) is 30.8 Å². The molecule has 2 unspecified atom stereocenters. The fourth-order valence-electron chi connectivity index (χ4n) is 2.38. The van der Waals surface area contributed by atoms with E-state index < -0.39 is 0 Å². The average Bonchev–Trinajstić information content (AvgIpc) is 2.27. The molecular weight excluding hydrogens is 200 g/mol. The van der Waals surface area contributed by atoms with Crippen molar-refractivity contribution in [2.24, 2.45) is 17.6 Å². The molecule has 94 valence electrons. The van der Waals surface area contributed by atoms with Crippen molar-refractivity contribution in [1.29, 1.82) is 0 Å². The van der Waals surface area contributed by atoms with Crippen LogP contribution in [0.5, 0.6) is 0 Å². The van der Waals surface area contributed by atoms with Crippen LogP contribution < -0.4 is 11.1 Å². The minimum Gasteiger partial charge on any atom is -0.353 e. The Balaban J connectivity index is 2.30. The van der Waals surface area contributed by atoms with Gasteiger partial charge in [-0.25, -0.2) is 0 Å². The Morgan fingerprint density at radius 3 is 2.69 bits per heavy atom. The van der Waals surface area contributed by atoms with Gasteiger partial charge < -0.3 is 11.1 Å². The van der Waals surface area contributed by atoms with E-state index >= 15 is 0 Å². The lowest BCUT2D eigenvalue weighted by molar-refractivity contribution is -0.122. The number of hydrogen-bond acceptors (Lipinski definition) is 2. The largest absolute Gasteiger partial charge is 0.353 e. The van der Waals surface area contributed by atoms with Crippen LogP contribution in [0, 0.1) is 11.8 Å². The molecule has 0 saturated heterocycles. The van der Waals surface area contributed by atoms with Crippen LogP contribution >= 0.6 is 0 Å². The topological polar surface area (TPSA) is 55.1 Å². The lowest BCUT2D eigenvalue weighted by atomic mass is 9.84. The van der Waals surface area contributed by atoms with Crippen molar-refractivity contribution in [1.82, 2.24) is 5.32 Å². The summed E-state index contributed by atoms with van der Waals surface area (Å²) in [6.07, 6.45) is 6.41. The second-order valence-corrected chi connectivity index (χ2v) is 5.39. The van der Waals surface area contributed by atoms with Gasteiger partial charge in [-0.3, -0.25) is 4.79 Å². The first-order chi connectivity index (χ1) is 7.63. The number of hydrogen-bond donors (Lipinski definition) is 2. The van der Waals surface area contributed by atoms with Gasteiger partial charge in [0.2, 0.25) is 5.91 Å². The highest BCUT2D eigenvalue weighted by molar-refractivity contribution is 5.76. The fraction of sp³-hybridized carbons (Fsp3) is 0.923. The third kappa shape index (κ3) is 4.52. The Morgan fingerprint density at radius 2 is 2.06 bits per heavy atom. The Morgan fingerprint density at radius 1 is 1.38 bits per heavy atom. The predicted octanol–water partition coefficient (Wildman–Crippen LogP) is 2.06. The molecule has 0 bridgehead atoms. The van der Waals surface area contributed by atoms with Gasteiger partial charge in [0.05, 0.1) is 0 Å². The molecule has 0 aromatic rings. The SMILES string of the molecule is CC(C)CCC(=O)NC1CCCCC1CN. The predicted molar refractivity (Wildman–Crippen MR) is 67.0 cm³/mol. The molecular formula is C13H26N2O. The number of rotatable bonds is 5. The van der Waals surface area contributed by atoms with Gasteiger partial charge in [-0.2, -0.15) is 0 Å². The number of amides is 1. The maximum absolute atomic E-state index is 11.7. The summed E-state index contributed by atoms with van der Waals surface area (Å²) in [4.78, 5) is 11.7. The van der Waals surface area contributed by atoms with Gasteiger partial charge in [0.15, 0.2) is 0 Å². The molecule has 1 aliphatic rings. The molecule has 1 fully saturated rings. The van der Waals surface area contributed by atoms with Crippen molar-refractivity contribution in [2.75, 3.05) is 6.54 Å². The van der Waals surface area contributed by atoms with Crippen molar-refractivity contribution in [3.63, 3.8) is 0 Å². The van der Waals surface area contributed by atoms with E-state index in [-0.39, 0.29) is 5.91 Å². The molecule has 0 spiro atoms. The third-order valence-corrected chi connectivity index (χ3v) is 3.51. The van der Waals surface area contributed by atoms with Crippen LogP contribution in [0.25, 0.3) is 0 Å². The average molecular weight is 226 g/mol. The molecule has 1 rings (SSSR count). The summed E-state index contributed by atoms with van der Waals surface area (Å²) in [6.45, 7) is 5.00. The molecule has 0 aliphatic heterocycles. The zero-order valence-electron chi connectivity index (χ0n) is 10.7. The molecule has 1 saturated carbocycles. The van der Waals surface area contributed by atoms with Crippen molar-refractivity contribution in [2.45, 2.75) is 58.4 Å². The van der Waals surface area contributed by atoms with E-state index in [2.05, 4.69) is 19.2 Å². The van der Waals surface area contributed by atoms with Crippen molar-refractivity contribution < 1.29 is 4.79 Å². The van der Waals surface area contributed by atoms with Gasteiger partial charge in [-0.05, 0) is 37.6 Å². The third-order valence-electron chi connectivity index (χ3n) is 3.51. The van der Waals surface area contributed by atoms with Gasteiger partial charge in [-0.1, -0.05) is 26.7 Å². The van der Waals surface area contributed by atoms with Gasteiger partial charge in [0.1, 0.15) is 0 Å². The number of nitrogens with two attached hydrogens (primary N) is 1. The molecule has 2 atom stereocenters. The summed E-state index contributed by atoms with van der Waals surface area (Å²) in [5.74, 6) is 1.30. The summed E-state index contributed by atoms with van der Waals surface area (Å²) in [5.41, 5.74) is 5.74. The lowest BCUT2D eigenvalue weighted by Crippen LogP contribution is -2.44. The van der Waals surface area contributed by atoms with Gasteiger partial charge in [0.25, 0.3) is 0 Å². The molecule has 0 heterocycles. The van der Waals surface area contributed by atoms with Crippen LogP contribution in [0.2, 0.25) is 0 Å². The Labute approximate surface area is 99.2 Å². The van der Waals surface area contributed by atoms with Crippen molar-refractivity contribution in [3.05, 3.63) is 0 Å². The Bertz CT molecular complexity index is 216. The second-order valence-electron chi connectivity index (χ2n) is 5.39. The Hall–Kier alpha value is -0.570. The second kappa shape index (κ2) is 6.89. The van der Waals surface area contributed by atoms with Crippen LogP contribution in [-0.4, -0.2) is 18.5 Å². The number of nitrogens with one attached hydrogen (secondary N) is 1. The highest BCUT2D eigenvalue weighted by Crippen LogP contribution is 2.23. The maximum Gasteiger partial charge on any atom is 0.220 e. The van der Waals surface area contributed by atoms with E-state index in [1.807, 2.05) is 0 Å². The molecule has 1 amide bonds. The van der Waals surface area contributed by atoms with Crippen molar-refractivity contribution >= 4 is 5.91 Å². The van der Waals surface area contributed by atoms with Crippen LogP contribution in [0.4, 0.5) is 0 Å². The van der Waals surface area contributed by atoms with Crippen molar-refractivity contribution in [3.8, 4) is 0 Å². The molecule has 0 aromatic heterocycles. The standard InChI is InChI=1S/C13H26N2O/c1-10(2)7-8-13(16)15-12-6-4-3-5-11(12)9-14/h10-12H,3-9,14H2,1-2H3,(H,15,16). The maximum atomic E-state index is 11.7. The smallest absolute Gasteiger partial charge is 0.220 e. The van der Waals surface area contributed by atoms with E-state index in [1.54, 1.807) is 0 Å². The van der Waals surface area contributed by atoms with E-state index in [9.17, 15) is 4.79 Å².